The first-order chi connectivity index (χ1) is 14.2. The summed E-state index contributed by atoms with van der Waals surface area (Å²) in [7, 11) is -3.80. The summed E-state index contributed by atoms with van der Waals surface area (Å²) < 4.78 is 33.4. The molecule has 6 nitrogen and oxygen atoms in total. The highest BCUT2D eigenvalue weighted by molar-refractivity contribution is 7.89. The van der Waals surface area contributed by atoms with E-state index in [1.54, 1.807) is 50.2 Å². The Labute approximate surface area is 177 Å². The second-order valence-electron chi connectivity index (χ2n) is 7.04. The van der Waals surface area contributed by atoms with Gasteiger partial charge in [0.05, 0.1) is 11.4 Å². The molecule has 0 radical (unpaired) electrons. The minimum Gasteiger partial charge on any atom is -0.457 e. The quantitative estimate of drug-likeness (QED) is 0.592. The summed E-state index contributed by atoms with van der Waals surface area (Å²) in [5.74, 6) is 0.883. The van der Waals surface area contributed by atoms with E-state index in [1.165, 1.54) is 0 Å². The molecule has 3 rings (SSSR count). The summed E-state index contributed by atoms with van der Waals surface area (Å²) in [6, 6.07) is 19.8. The molecule has 0 heterocycles. The average Bonchev–Trinajstić information content (AvgIpc) is 2.68. The van der Waals surface area contributed by atoms with Gasteiger partial charge in [0, 0.05) is 5.69 Å². The number of hydrogen-bond donors (Lipinski definition) is 2. The predicted molar refractivity (Wildman–Crippen MR) is 117 cm³/mol. The van der Waals surface area contributed by atoms with Crippen molar-refractivity contribution in [2.24, 2.45) is 0 Å². The molecular formula is C23H24N2O4S. The van der Waals surface area contributed by atoms with Crippen molar-refractivity contribution in [3.63, 3.8) is 0 Å². The van der Waals surface area contributed by atoms with Crippen molar-refractivity contribution in [3.05, 3.63) is 83.4 Å². The molecule has 0 aliphatic rings. The zero-order valence-electron chi connectivity index (χ0n) is 17.1. The van der Waals surface area contributed by atoms with E-state index in [0.29, 0.717) is 28.3 Å². The second-order valence-corrected chi connectivity index (χ2v) is 8.74. The van der Waals surface area contributed by atoms with Gasteiger partial charge in [-0.25, -0.2) is 13.1 Å². The van der Waals surface area contributed by atoms with Crippen LogP contribution >= 0.6 is 0 Å². The van der Waals surface area contributed by atoms with Crippen molar-refractivity contribution >= 4 is 21.6 Å². The number of aryl methyl sites for hydroxylation is 3. The van der Waals surface area contributed by atoms with Crippen LogP contribution in [-0.4, -0.2) is 20.9 Å². The summed E-state index contributed by atoms with van der Waals surface area (Å²) in [5, 5.41) is 2.67. The highest BCUT2D eigenvalue weighted by Gasteiger charge is 2.20. The van der Waals surface area contributed by atoms with E-state index in [-0.39, 0.29) is 11.4 Å². The number of nitrogens with one attached hydrogen (secondary N) is 2. The Hall–Kier alpha value is -3.16. The van der Waals surface area contributed by atoms with Crippen molar-refractivity contribution in [1.82, 2.24) is 4.72 Å². The van der Waals surface area contributed by atoms with Crippen LogP contribution in [0.5, 0.6) is 11.5 Å². The molecule has 3 aromatic carbocycles. The van der Waals surface area contributed by atoms with Crippen LogP contribution in [0.1, 0.15) is 16.7 Å². The van der Waals surface area contributed by atoms with E-state index in [2.05, 4.69) is 10.0 Å². The minimum absolute atomic E-state index is 0.211. The standard InChI is InChI=1S/C23H24N2O4S/c1-16-13-17(2)23(18(3)14-16)30(27,28)24-15-22(26)25-19-9-11-21(12-10-19)29-20-7-5-4-6-8-20/h4-14,24H,15H2,1-3H3,(H,25,26). The molecule has 0 saturated carbocycles. The SMILES string of the molecule is Cc1cc(C)c(S(=O)(=O)NCC(=O)Nc2ccc(Oc3ccccc3)cc2)c(C)c1. The Kier molecular flexibility index (Phi) is 6.54. The van der Waals surface area contributed by atoms with Crippen LogP contribution in [0.15, 0.2) is 71.6 Å². The van der Waals surface area contributed by atoms with Gasteiger partial charge in [0.25, 0.3) is 0 Å². The van der Waals surface area contributed by atoms with E-state index in [0.717, 1.165) is 5.56 Å². The number of para-hydroxylation sites is 1. The lowest BCUT2D eigenvalue weighted by Gasteiger charge is -2.13. The van der Waals surface area contributed by atoms with Crippen LogP contribution in [0, 0.1) is 20.8 Å². The summed E-state index contributed by atoms with van der Waals surface area (Å²) in [5.41, 5.74) is 2.83. The first-order valence-electron chi connectivity index (χ1n) is 9.45. The van der Waals surface area contributed by atoms with E-state index >= 15 is 0 Å². The fourth-order valence-electron chi connectivity index (χ4n) is 3.26. The third kappa shape index (κ3) is 5.46. The molecule has 0 spiro atoms. The normalized spacial score (nSPS) is 11.2. The third-order valence-electron chi connectivity index (χ3n) is 4.41. The van der Waals surface area contributed by atoms with Crippen LogP contribution in [0.25, 0.3) is 0 Å². The molecule has 156 valence electrons. The van der Waals surface area contributed by atoms with Gasteiger partial charge in [-0.1, -0.05) is 35.9 Å². The fourth-order valence-corrected chi connectivity index (χ4v) is 4.69. The molecule has 1 amide bonds. The lowest BCUT2D eigenvalue weighted by Crippen LogP contribution is -2.33. The molecule has 30 heavy (non-hydrogen) atoms. The Morgan fingerprint density at radius 1 is 0.867 bits per heavy atom. The van der Waals surface area contributed by atoms with Gasteiger partial charge >= 0.3 is 0 Å². The molecule has 0 aliphatic heterocycles. The molecule has 0 aliphatic carbocycles. The Morgan fingerprint density at radius 3 is 2.03 bits per heavy atom. The Morgan fingerprint density at radius 2 is 1.43 bits per heavy atom. The number of amides is 1. The summed E-state index contributed by atoms with van der Waals surface area (Å²) in [6.07, 6.45) is 0. The monoisotopic (exact) mass is 424 g/mol. The lowest BCUT2D eigenvalue weighted by molar-refractivity contribution is -0.115. The van der Waals surface area contributed by atoms with E-state index < -0.39 is 15.9 Å². The predicted octanol–water partition coefficient (Wildman–Crippen LogP) is 4.32. The zero-order chi connectivity index (χ0) is 21.7. The Bertz CT molecular complexity index is 1120. The van der Waals surface area contributed by atoms with Gasteiger partial charge in [-0.05, 0) is 68.3 Å². The van der Waals surface area contributed by atoms with E-state index in [1.807, 2.05) is 37.3 Å². The molecule has 7 heteroatoms. The molecule has 0 bridgehead atoms. The number of hydrogen-bond acceptors (Lipinski definition) is 4. The van der Waals surface area contributed by atoms with Crippen molar-refractivity contribution in [1.29, 1.82) is 0 Å². The third-order valence-corrected chi connectivity index (χ3v) is 6.12. The van der Waals surface area contributed by atoms with Gasteiger partial charge in [-0.15, -0.1) is 0 Å². The van der Waals surface area contributed by atoms with E-state index in [4.69, 9.17) is 4.74 Å². The second kappa shape index (κ2) is 9.11. The lowest BCUT2D eigenvalue weighted by atomic mass is 10.1. The maximum absolute atomic E-state index is 12.7. The highest BCUT2D eigenvalue weighted by Crippen LogP contribution is 2.23. The molecule has 0 unspecified atom stereocenters. The summed E-state index contributed by atoms with van der Waals surface area (Å²) in [4.78, 5) is 12.4. The summed E-state index contributed by atoms with van der Waals surface area (Å²) in [6.45, 7) is 5.03. The maximum Gasteiger partial charge on any atom is 0.241 e. The minimum atomic E-state index is -3.80. The molecule has 0 aromatic heterocycles. The molecule has 0 saturated heterocycles. The first-order valence-corrected chi connectivity index (χ1v) is 10.9. The van der Waals surface area contributed by atoms with Crippen LogP contribution in [0.2, 0.25) is 0 Å². The van der Waals surface area contributed by atoms with Gasteiger partial charge in [0.1, 0.15) is 11.5 Å². The topological polar surface area (TPSA) is 84.5 Å². The number of rotatable bonds is 7. The smallest absolute Gasteiger partial charge is 0.241 e. The fraction of sp³-hybridized carbons (Fsp3) is 0.174. The maximum atomic E-state index is 12.7. The number of ether oxygens (including phenoxy) is 1. The van der Waals surface area contributed by atoms with Crippen LogP contribution in [0.4, 0.5) is 5.69 Å². The van der Waals surface area contributed by atoms with Crippen molar-refractivity contribution < 1.29 is 17.9 Å². The zero-order valence-corrected chi connectivity index (χ0v) is 17.9. The molecule has 0 fully saturated rings. The largest absolute Gasteiger partial charge is 0.457 e. The highest BCUT2D eigenvalue weighted by atomic mass is 32.2. The van der Waals surface area contributed by atoms with Crippen LogP contribution in [0.3, 0.4) is 0 Å². The van der Waals surface area contributed by atoms with Gasteiger partial charge in [0.15, 0.2) is 0 Å². The van der Waals surface area contributed by atoms with Gasteiger partial charge in [0.2, 0.25) is 15.9 Å². The molecule has 2 N–H and O–H groups in total. The van der Waals surface area contributed by atoms with Crippen molar-refractivity contribution in [2.75, 3.05) is 11.9 Å². The summed E-state index contributed by atoms with van der Waals surface area (Å²) >= 11 is 0. The molecule has 3 aromatic rings. The van der Waals surface area contributed by atoms with Gasteiger partial charge in [-0.3, -0.25) is 4.79 Å². The number of carbonyl (C=O) groups is 1. The number of sulfonamides is 1. The number of carbonyl (C=O) groups excluding carboxylic acids is 1. The number of anilines is 1. The number of benzene rings is 3. The van der Waals surface area contributed by atoms with Crippen LogP contribution in [-0.2, 0) is 14.8 Å². The van der Waals surface area contributed by atoms with E-state index in [9.17, 15) is 13.2 Å². The molecular weight excluding hydrogens is 400 g/mol. The average molecular weight is 425 g/mol. The Balaban J connectivity index is 1.59. The molecule has 0 atom stereocenters. The van der Waals surface area contributed by atoms with Crippen LogP contribution < -0.4 is 14.8 Å². The van der Waals surface area contributed by atoms with Gasteiger partial charge < -0.3 is 10.1 Å². The van der Waals surface area contributed by atoms with Gasteiger partial charge in [-0.2, -0.15) is 0 Å². The first kappa shape index (κ1) is 21.5. The van der Waals surface area contributed by atoms with Crippen molar-refractivity contribution in [3.8, 4) is 11.5 Å². The van der Waals surface area contributed by atoms with Crippen molar-refractivity contribution in [2.45, 2.75) is 25.7 Å².